The number of hydrogen-bond donors (Lipinski definition) is 30. The summed E-state index contributed by atoms with van der Waals surface area (Å²) in [5.41, 5.74) is 0. The number of nitrogens with one attached hydrogen (secondary N) is 4. The van der Waals surface area contributed by atoms with Crippen molar-refractivity contribution < 1.29 is 233 Å². The van der Waals surface area contributed by atoms with E-state index in [9.17, 15) is 166 Å². The minimum atomic E-state index is -3.44. The Labute approximate surface area is 638 Å². The summed E-state index contributed by atoms with van der Waals surface area (Å²) in [6.45, 7) is -6.62. The number of rotatable bonds is 36. The summed E-state index contributed by atoms with van der Waals surface area (Å²) in [6, 6.07) is -7.93. The van der Waals surface area contributed by atoms with Gasteiger partial charge in [0, 0.05) is 40.5 Å². The molecule has 7 fully saturated rings. The number of hydrogen-bond acceptors (Lipinski definition) is 45. The Morgan fingerprint density at radius 3 is 1.33 bits per heavy atom. The van der Waals surface area contributed by atoms with Crippen LogP contribution in [0, 0.1) is 0 Å². The molecule has 4 amide bonds. The van der Waals surface area contributed by atoms with Crippen LogP contribution < -0.4 is 21.3 Å². The maximum atomic E-state index is 13.6. The third-order valence-electron chi connectivity index (χ3n) is 19.7. The molecule has 0 aromatic carbocycles. The molecule has 0 aliphatic carbocycles. The van der Waals surface area contributed by atoms with Crippen molar-refractivity contribution in [2.75, 3.05) is 52.9 Å². The smallest absolute Gasteiger partial charge is 0.364 e. The van der Waals surface area contributed by atoms with Gasteiger partial charge in [-0.15, -0.1) is 0 Å². The van der Waals surface area contributed by atoms with E-state index in [1.54, 1.807) is 0 Å². The van der Waals surface area contributed by atoms with Crippen LogP contribution in [0.1, 0.15) is 40.5 Å². The number of carboxylic acids is 2. The first-order valence-corrected chi connectivity index (χ1v) is 35.1. The molecule has 7 rings (SSSR count). The summed E-state index contributed by atoms with van der Waals surface area (Å²) in [6.07, 6.45) is -84.3. The zero-order valence-corrected chi connectivity index (χ0v) is 60.4. The van der Waals surface area contributed by atoms with Crippen LogP contribution in [-0.2, 0) is 99.9 Å². The van der Waals surface area contributed by atoms with Crippen molar-refractivity contribution in [1.29, 1.82) is 0 Å². The standard InChI is InChI=1S/C62H102N4O47/c1-16(74)63-31-20(78)5-61(59(96)97,111-50(31)36(85)23(81)8-68)101-15-30-40(89)49(109-58-46(95)53(39(88)27(12-72)103-58)113-62(60(98)99)6-21(79)32(64-17(2)75)51(112-62)37(86)24(82)9-69)34(66-19(4)77)55(105-30)110-52-41(90)29(106-57(45(52)94)107-47(25(83)10-70)35(84)22(80)7-67)14-100-54-33(65-18(3)76)42(91)48(28(13-73)104-54)108-56-44(93)43(92)38(87)26(11-71)102-56/h7,20-58,68-73,78-95H,5-6,8-15H2,1-4H3,(H,63,74)(H,64,75)(H,65,76)(H,66,77)(H,96,97)(H,98,99). The predicted octanol–water partition coefficient (Wildman–Crippen LogP) is -19.6. The second-order valence-electron chi connectivity index (χ2n) is 27.9. The number of aliphatic hydroxyl groups is 24. The molecular weight excluding hydrogens is 1550 g/mol. The lowest BCUT2D eigenvalue weighted by Crippen LogP contribution is -2.72. The number of carbonyl (C=O) groups is 7. The number of ether oxygens (including phenoxy) is 14. The molecule has 41 atom stereocenters. The van der Waals surface area contributed by atoms with Crippen LogP contribution >= 0.6 is 0 Å². The summed E-state index contributed by atoms with van der Waals surface area (Å²) in [5, 5.41) is 296. The van der Waals surface area contributed by atoms with E-state index < -0.39 is 352 Å². The second-order valence-corrected chi connectivity index (χ2v) is 27.9. The minimum absolute atomic E-state index is 0.276. The van der Waals surface area contributed by atoms with Crippen LogP contribution in [0.5, 0.6) is 0 Å². The Morgan fingerprint density at radius 1 is 0.425 bits per heavy atom. The van der Waals surface area contributed by atoms with E-state index in [0.717, 1.165) is 27.7 Å². The fraction of sp³-hybridized carbons (Fsp3) is 0.887. The summed E-state index contributed by atoms with van der Waals surface area (Å²) >= 11 is 0. The lowest BCUT2D eigenvalue weighted by molar-refractivity contribution is -0.390. The van der Waals surface area contributed by atoms with E-state index in [4.69, 9.17) is 66.3 Å². The first kappa shape index (κ1) is 95.1. The van der Waals surface area contributed by atoms with Crippen molar-refractivity contribution in [3.8, 4) is 0 Å². The molecule has 51 heteroatoms. The van der Waals surface area contributed by atoms with Gasteiger partial charge in [0.2, 0.25) is 23.6 Å². The third-order valence-corrected chi connectivity index (χ3v) is 19.7. The van der Waals surface area contributed by atoms with Crippen molar-refractivity contribution in [2.24, 2.45) is 0 Å². The van der Waals surface area contributed by atoms with Gasteiger partial charge in [0.05, 0.1) is 77.1 Å². The van der Waals surface area contributed by atoms with Gasteiger partial charge in [0.1, 0.15) is 183 Å². The number of amides is 4. The number of aldehydes is 1. The average molecular weight is 1660 g/mol. The van der Waals surface area contributed by atoms with Crippen LogP contribution in [0.25, 0.3) is 0 Å². The number of aliphatic carboxylic acids is 2. The lowest BCUT2D eigenvalue weighted by Gasteiger charge is -2.52. The van der Waals surface area contributed by atoms with Crippen LogP contribution in [-0.4, -0.2) is 478 Å². The molecule has 0 radical (unpaired) electrons. The third kappa shape index (κ3) is 21.7. The number of carbonyl (C=O) groups excluding carboxylic acids is 5. The Kier molecular flexibility index (Phi) is 34.6. The summed E-state index contributed by atoms with van der Waals surface area (Å²) in [7, 11) is 0. The molecule has 652 valence electrons. The van der Waals surface area contributed by atoms with Crippen molar-refractivity contribution in [2.45, 2.75) is 291 Å². The maximum Gasteiger partial charge on any atom is 0.364 e. The molecule has 0 spiro atoms. The molecule has 7 heterocycles. The molecule has 0 aromatic heterocycles. The van der Waals surface area contributed by atoms with Crippen molar-refractivity contribution in [3.63, 3.8) is 0 Å². The summed E-state index contributed by atoms with van der Waals surface area (Å²) < 4.78 is 82.0. The van der Waals surface area contributed by atoms with Crippen molar-refractivity contribution in [3.05, 3.63) is 0 Å². The zero-order chi connectivity index (χ0) is 84.5. The van der Waals surface area contributed by atoms with Crippen LogP contribution in [0.3, 0.4) is 0 Å². The summed E-state index contributed by atoms with van der Waals surface area (Å²) in [5.74, 6) is -15.3. The molecule has 7 saturated heterocycles. The van der Waals surface area contributed by atoms with Gasteiger partial charge in [-0.05, 0) is 0 Å². The molecule has 0 bridgehead atoms. The Balaban J connectivity index is 1.34. The fourth-order valence-corrected chi connectivity index (χ4v) is 13.8. The van der Waals surface area contributed by atoms with E-state index in [-0.39, 0.29) is 6.29 Å². The first-order chi connectivity index (χ1) is 53.0. The monoisotopic (exact) mass is 1650 g/mol. The molecular formula is C62H102N4O47. The van der Waals surface area contributed by atoms with Gasteiger partial charge in [-0.1, -0.05) is 0 Å². The normalized spacial score (nSPS) is 42.6. The van der Waals surface area contributed by atoms with Crippen LogP contribution in [0.4, 0.5) is 0 Å². The molecule has 41 unspecified atom stereocenters. The van der Waals surface area contributed by atoms with Gasteiger partial charge in [0.25, 0.3) is 11.6 Å². The summed E-state index contributed by atoms with van der Waals surface area (Å²) in [4.78, 5) is 90.0. The maximum absolute atomic E-state index is 13.6. The van der Waals surface area contributed by atoms with E-state index in [2.05, 4.69) is 21.3 Å². The molecule has 0 aromatic rings. The largest absolute Gasteiger partial charge is 0.477 e. The molecule has 113 heavy (non-hydrogen) atoms. The van der Waals surface area contributed by atoms with Gasteiger partial charge in [-0.3, -0.25) is 19.2 Å². The lowest BCUT2D eigenvalue weighted by atomic mass is 9.88. The molecule has 0 saturated carbocycles. The molecule has 7 aliphatic heterocycles. The Hall–Kier alpha value is -5.03. The number of aliphatic hydroxyl groups excluding tert-OH is 24. The average Bonchev–Trinajstić information content (AvgIpc) is 0.758. The number of carboxylic acid groups (broad SMARTS) is 2. The highest BCUT2D eigenvalue weighted by Gasteiger charge is 2.63. The quantitative estimate of drug-likeness (QED) is 0.0259. The second kappa shape index (κ2) is 41.1. The van der Waals surface area contributed by atoms with Gasteiger partial charge in [-0.2, -0.15) is 0 Å². The van der Waals surface area contributed by atoms with Crippen molar-refractivity contribution >= 4 is 41.9 Å². The van der Waals surface area contributed by atoms with Crippen LogP contribution in [0.2, 0.25) is 0 Å². The van der Waals surface area contributed by atoms with E-state index in [1.807, 2.05) is 0 Å². The Bertz CT molecular complexity index is 3090. The topological polar surface area (TPSA) is 823 Å². The van der Waals surface area contributed by atoms with E-state index in [0.29, 0.717) is 0 Å². The fourth-order valence-electron chi connectivity index (χ4n) is 13.8. The van der Waals surface area contributed by atoms with E-state index >= 15 is 0 Å². The van der Waals surface area contributed by atoms with E-state index in [1.165, 1.54) is 0 Å². The van der Waals surface area contributed by atoms with Gasteiger partial charge in [0.15, 0.2) is 37.7 Å². The predicted molar refractivity (Wildman–Crippen MR) is 346 cm³/mol. The Morgan fingerprint density at radius 2 is 0.832 bits per heavy atom. The highest BCUT2D eigenvalue weighted by atomic mass is 16.8. The SMILES string of the molecule is CC(=O)NC1C(OCC2OC(OC(C(O)CO)C(O)C(O)C=O)C(O)C(OC3OC(COC4(C(=O)O)CC(O)C(NC(C)=O)C(C(O)C(O)CO)O4)C(O)C(OC4OC(CO)C(O)C(OC5(C(=O)O)CC(O)C(NC(C)=O)C(C(O)C(O)CO)O5)C4O)C3NC(C)=O)C2O)OC(CO)C(OC2OC(CO)C(O)C(O)C2O)C1O. The van der Waals surface area contributed by atoms with Crippen molar-refractivity contribution in [1.82, 2.24) is 21.3 Å². The highest BCUT2D eigenvalue weighted by molar-refractivity contribution is 5.78. The minimum Gasteiger partial charge on any atom is -0.477 e. The zero-order valence-electron chi connectivity index (χ0n) is 60.4. The molecule has 7 aliphatic rings. The van der Waals surface area contributed by atoms with Gasteiger partial charge >= 0.3 is 11.9 Å². The first-order valence-electron chi connectivity index (χ1n) is 35.1. The highest BCUT2D eigenvalue weighted by Crippen LogP contribution is 2.42. The molecule has 30 N–H and O–H groups in total. The van der Waals surface area contributed by atoms with Gasteiger partial charge in [-0.25, -0.2) is 9.59 Å². The van der Waals surface area contributed by atoms with Crippen LogP contribution in [0.15, 0.2) is 0 Å². The van der Waals surface area contributed by atoms with Gasteiger partial charge < -0.3 is 225 Å². The molecule has 51 nitrogen and oxygen atoms in total.